The van der Waals surface area contributed by atoms with E-state index >= 15 is 0 Å². The van der Waals surface area contributed by atoms with E-state index < -0.39 is 18.0 Å². The number of aliphatic carboxylic acids is 2. The van der Waals surface area contributed by atoms with Crippen LogP contribution in [0.25, 0.3) is 0 Å². The number of aliphatic hydroxyl groups is 1. The van der Waals surface area contributed by atoms with Crippen LogP contribution < -0.4 is 4.74 Å². The maximum Gasteiger partial charge on any atom is 0.414 e. The molecule has 1 heterocycles. The van der Waals surface area contributed by atoms with Crippen molar-refractivity contribution >= 4 is 17.7 Å². The average molecular weight is 498 g/mol. The lowest BCUT2D eigenvalue weighted by molar-refractivity contribution is -0.159. The van der Waals surface area contributed by atoms with Gasteiger partial charge in [0.15, 0.2) is 5.78 Å². The molecule has 0 spiro atoms. The molecule has 2 bridgehead atoms. The largest absolute Gasteiger partial charge is 0.491 e. The Bertz CT molecular complexity index is 1060. The third kappa shape index (κ3) is 7.38. The van der Waals surface area contributed by atoms with Crippen molar-refractivity contribution < 1.29 is 34.4 Å². The number of fused-ring (bicyclic) bond motifs is 2. The summed E-state index contributed by atoms with van der Waals surface area (Å²) in [6, 6.07) is 17.0. The van der Waals surface area contributed by atoms with Gasteiger partial charge in [0, 0.05) is 30.3 Å². The summed E-state index contributed by atoms with van der Waals surface area (Å²) in [5.74, 6) is -2.98. The van der Waals surface area contributed by atoms with Crippen LogP contribution in [0.15, 0.2) is 54.6 Å². The van der Waals surface area contributed by atoms with E-state index in [1.807, 2.05) is 30.3 Å². The maximum atomic E-state index is 12.5. The average Bonchev–Trinajstić information content (AvgIpc) is 3.05. The molecule has 3 unspecified atom stereocenters. The number of β-amino-alcohol motifs (C(OH)–C–C–N with tert-alkyl or cyclic N) is 1. The number of rotatable bonds is 7. The van der Waals surface area contributed by atoms with E-state index in [2.05, 4.69) is 25.7 Å². The molecule has 3 atom stereocenters. The molecule has 4 rings (SSSR count). The molecule has 36 heavy (non-hydrogen) atoms. The summed E-state index contributed by atoms with van der Waals surface area (Å²) >= 11 is 0. The van der Waals surface area contributed by atoms with E-state index in [1.54, 1.807) is 24.3 Å². The first-order chi connectivity index (χ1) is 16.9. The molecule has 194 valence electrons. The Balaban J connectivity index is 0.000000538. The normalized spacial score (nSPS) is 23.2. The predicted octanol–water partition coefficient (Wildman–Crippen LogP) is 3.71. The van der Waals surface area contributed by atoms with Crippen molar-refractivity contribution in [3.63, 3.8) is 0 Å². The highest BCUT2D eigenvalue weighted by atomic mass is 16.5. The zero-order chi connectivity index (χ0) is 26.5. The van der Waals surface area contributed by atoms with Crippen LogP contribution in [0.4, 0.5) is 0 Å². The van der Waals surface area contributed by atoms with Crippen LogP contribution >= 0.6 is 0 Å². The number of carbonyl (C=O) groups is 3. The Morgan fingerprint density at radius 3 is 2.11 bits per heavy atom. The topological polar surface area (TPSA) is 124 Å². The van der Waals surface area contributed by atoms with Crippen LogP contribution in [0, 0.1) is 10.8 Å². The number of ketones is 1. The first-order valence-corrected chi connectivity index (χ1v) is 12.1. The monoisotopic (exact) mass is 497 g/mol. The predicted molar refractivity (Wildman–Crippen MR) is 134 cm³/mol. The van der Waals surface area contributed by atoms with E-state index in [-0.39, 0.29) is 12.4 Å². The number of ether oxygens (including phenoxy) is 1. The Morgan fingerprint density at radius 2 is 1.53 bits per heavy atom. The highest BCUT2D eigenvalue weighted by Crippen LogP contribution is 2.52. The van der Waals surface area contributed by atoms with Crippen molar-refractivity contribution in [2.24, 2.45) is 10.8 Å². The molecule has 2 aromatic carbocycles. The number of carboxylic acid groups (broad SMARTS) is 2. The van der Waals surface area contributed by atoms with Gasteiger partial charge in [0.1, 0.15) is 18.5 Å². The van der Waals surface area contributed by atoms with Gasteiger partial charge in [-0.25, -0.2) is 9.59 Å². The highest BCUT2D eigenvalue weighted by Gasteiger charge is 2.49. The van der Waals surface area contributed by atoms with Gasteiger partial charge in [0.25, 0.3) is 0 Å². The summed E-state index contributed by atoms with van der Waals surface area (Å²) in [6.45, 7) is 9.10. The third-order valence-electron chi connectivity index (χ3n) is 6.75. The van der Waals surface area contributed by atoms with Gasteiger partial charge in [-0.15, -0.1) is 0 Å². The Kier molecular flexibility index (Phi) is 8.53. The summed E-state index contributed by atoms with van der Waals surface area (Å²) in [4.78, 5) is 33.2. The molecule has 8 nitrogen and oxygen atoms in total. The second-order valence-electron chi connectivity index (χ2n) is 10.9. The Morgan fingerprint density at radius 1 is 0.944 bits per heavy atom. The molecule has 2 aliphatic rings. The van der Waals surface area contributed by atoms with Gasteiger partial charge >= 0.3 is 11.9 Å². The van der Waals surface area contributed by atoms with Crippen molar-refractivity contribution in [3.8, 4) is 5.75 Å². The van der Waals surface area contributed by atoms with Crippen LogP contribution in [0.3, 0.4) is 0 Å². The van der Waals surface area contributed by atoms with Crippen LogP contribution in [-0.2, 0) is 9.59 Å². The van der Waals surface area contributed by atoms with Gasteiger partial charge in [-0.1, -0.05) is 51.1 Å². The lowest BCUT2D eigenvalue weighted by atomic mass is 9.65. The van der Waals surface area contributed by atoms with Crippen LogP contribution in [-0.4, -0.2) is 69.8 Å². The van der Waals surface area contributed by atoms with Gasteiger partial charge in [-0.2, -0.15) is 0 Å². The van der Waals surface area contributed by atoms with E-state index in [0.717, 1.165) is 6.54 Å². The zero-order valence-electron chi connectivity index (χ0n) is 21.0. The van der Waals surface area contributed by atoms with Crippen molar-refractivity contribution in [3.05, 3.63) is 65.7 Å². The molecule has 1 aliphatic heterocycles. The van der Waals surface area contributed by atoms with Crippen molar-refractivity contribution in [1.29, 1.82) is 0 Å². The SMILES string of the molecule is CC1(C)CC2CC(C)(CN2CC(O)COc2ccc(C(=O)c3ccccc3)cc2)C1.O=C(O)C(=O)O. The molecule has 1 saturated carbocycles. The van der Waals surface area contributed by atoms with E-state index in [1.165, 1.54) is 19.3 Å². The first kappa shape index (κ1) is 27.4. The van der Waals surface area contributed by atoms with E-state index in [9.17, 15) is 9.90 Å². The number of nitrogens with zero attached hydrogens (tertiary/aromatic N) is 1. The number of carbonyl (C=O) groups excluding carboxylic acids is 1. The molecule has 2 aromatic rings. The fourth-order valence-corrected chi connectivity index (χ4v) is 5.76. The van der Waals surface area contributed by atoms with Gasteiger partial charge < -0.3 is 20.1 Å². The molecule has 3 N–H and O–H groups in total. The van der Waals surface area contributed by atoms with Gasteiger partial charge in [0.05, 0.1) is 0 Å². The first-order valence-electron chi connectivity index (χ1n) is 12.1. The summed E-state index contributed by atoms with van der Waals surface area (Å²) in [6.07, 6.45) is 3.17. The molecular weight excluding hydrogens is 462 g/mol. The number of hydrogen-bond donors (Lipinski definition) is 3. The van der Waals surface area contributed by atoms with E-state index in [4.69, 9.17) is 24.5 Å². The third-order valence-corrected chi connectivity index (χ3v) is 6.75. The van der Waals surface area contributed by atoms with Crippen molar-refractivity contribution in [1.82, 2.24) is 4.90 Å². The summed E-state index contributed by atoms with van der Waals surface area (Å²) < 4.78 is 5.81. The minimum atomic E-state index is -1.82. The fraction of sp³-hybridized carbons (Fsp3) is 0.464. The minimum Gasteiger partial charge on any atom is -0.491 e. The summed E-state index contributed by atoms with van der Waals surface area (Å²) in [7, 11) is 0. The molecule has 2 fully saturated rings. The maximum absolute atomic E-state index is 12.5. The number of benzene rings is 2. The fourth-order valence-electron chi connectivity index (χ4n) is 5.76. The second-order valence-corrected chi connectivity index (χ2v) is 10.9. The van der Waals surface area contributed by atoms with Crippen LogP contribution in [0.1, 0.15) is 56.0 Å². The smallest absolute Gasteiger partial charge is 0.414 e. The minimum absolute atomic E-state index is 0.00115. The second kappa shape index (κ2) is 11.2. The van der Waals surface area contributed by atoms with Gasteiger partial charge in [-0.3, -0.25) is 9.69 Å². The van der Waals surface area contributed by atoms with Gasteiger partial charge in [-0.05, 0) is 54.4 Å². The Labute approximate surface area is 211 Å². The summed E-state index contributed by atoms with van der Waals surface area (Å²) in [5.41, 5.74) is 2.06. The van der Waals surface area contributed by atoms with E-state index in [0.29, 0.717) is 40.3 Å². The molecule has 1 aliphatic carbocycles. The Hall–Kier alpha value is -3.23. The molecule has 0 radical (unpaired) electrons. The molecular formula is C28H35NO7. The van der Waals surface area contributed by atoms with Crippen LogP contribution in [0.2, 0.25) is 0 Å². The van der Waals surface area contributed by atoms with Crippen molar-refractivity contribution in [2.45, 2.75) is 52.2 Å². The zero-order valence-corrected chi connectivity index (χ0v) is 21.0. The molecule has 8 heteroatoms. The molecule has 0 aromatic heterocycles. The number of aliphatic hydroxyl groups excluding tert-OH is 1. The molecule has 0 amide bonds. The van der Waals surface area contributed by atoms with Crippen molar-refractivity contribution in [2.75, 3.05) is 19.7 Å². The summed E-state index contributed by atoms with van der Waals surface area (Å²) in [5, 5.41) is 25.4. The number of likely N-dealkylation sites (tertiary alicyclic amines) is 1. The highest BCUT2D eigenvalue weighted by molar-refractivity contribution is 6.27. The number of carboxylic acids is 2. The van der Waals surface area contributed by atoms with Crippen LogP contribution in [0.5, 0.6) is 5.75 Å². The standard InChI is InChI=1S/C26H33NO3.C2H2O4/c1-25(2)13-21-14-26(3,17-25)18-27(21)15-22(28)16-30-23-11-9-20(10-12-23)24(29)19-7-5-4-6-8-19;3-1(4)2(5)6/h4-12,21-22,28H,13-18H2,1-3H3;(H,3,4)(H,5,6). The van der Waals surface area contributed by atoms with Gasteiger partial charge in [0.2, 0.25) is 0 Å². The number of hydrogen-bond acceptors (Lipinski definition) is 6. The molecule has 1 saturated heterocycles. The lowest BCUT2D eigenvalue weighted by Crippen LogP contribution is -2.39. The lowest BCUT2D eigenvalue weighted by Gasteiger charge is -2.40. The quantitative estimate of drug-likeness (QED) is 0.391.